The van der Waals surface area contributed by atoms with Gasteiger partial charge in [-0.2, -0.15) is 0 Å². The van der Waals surface area contributed by atoms with E-state index in [4.69, 9.17) is 4.74 Å². The number of aryl methyl sites for hydroxylation is 3. The Labute approximate surface area is 103 Å². The van der Waals surface area contributed by atoms with Crippen LogP contribution in [0.4, 0.5) is 0 Å². The van der Waals surface area contributed by atoms with Gasteiger partial charge in [-0.25, -0.2) is 0 Å². The molecule has 0 bridgehead atoms. The van der Waals surface area contributed by atoms with Crippen molar-refractivity contribution in [2.24, 2.45) is 11.8 Å². The summed E-state index contributed by atoms with van der Waals surface area (Å²) in [6.45, 7) is 4.28. The predicted octanol–water partition coefficient (Wildman–Crippen LogP) is 3.05. The average Bonchev–Trinajstić information content (AvgIpc) is 3.06. The molecule has 1 saturated carbocycles. The maximum atomic E-state index is 11.3. The van der Waals surface area contributed by atoms with E-state index in [2.05, 4.69) is 32.0 Å². The zero-order chi connectivity index (χ0) is 12.4. The van der Waals surface area contributed by atoms with Crippen LogP contribution in [0.25, 0.3) is 0 Å². The normalized spacial score (nSPS) is 22.3. The monoisotopic (exact) mass is 232 g/mol. The summed E-state index contributed by atoms with van der Waals surface area (Å²) < 4.78 is 4.76. The van der Waals surface area contributed by atoms with Crippen LogP contribution in [0, 0.1) is 25.7 Å². The van der Waals surface area contributed by atoms with Crippen molar-refractivity contribution >= 4 is 5.97 Å². The number of rotatable bonds is 4. The van der Waals surface area contributed by atoms with Gasteiger partial charge in [-0.15, -0.1) is 0 Å². The highest BCUT2D eigenvalue weighted by atomic mass is 16.5. The van der Waals surface area contributed by atoms with Gasteiger partial charge in [-0.05, 0) is 50.2 Å². The lowest BCUT2D eigenvalue weighted by atomic mass is 10.00. The Kier molecular flexibility index (Phi) is 3.51. The summed E-state index contributed by atoms with van der Waals surface area (Å²) in [5.74, 6) is 0.685. The molecule has 17 heavy (non-hydrogen) atoms. The maximum absolute atomic E-state index is 11.3. The molecule has 0 N–H and O–H groups in total. The van der Waals surface area contributed by atoms with Crippen LogP contribution in [0.1, 0.15) is 29.5 Å². The number of carbonyl (C=O) groups excluding carboxylic acids is 1. The van der Waals surface area contributed by atoms with E-state index in [0.717, 1.165) is 19.3 Å². The van der Waals surface area contributed by atoms with Gasteiger partial charge in [0.25, 0.3) is 0 Å². The minimum Gasteiger partial charge on any atom is -0.469 e. The van der Waals surface area contributed by atoms with Crippen LogP contribution in [0.3, 0.4) is 0 Å². The quantitative estimate of drug-likeness (QED) is 0.746. The lowest BCUT2D eigenvalue weighted by Gasteiger charge is -2.06. The lowest BCUT2D eigenvalue weighted by Crippen LogP contribution is -2.04. The number of hydrogen-bond donors (Lipinski definition) is 0. The topological polar surface area (TPSA) is 26.3 Å². The number of ether oxygens (including phenoxy) is 1. The van der Waals surface area contributed by atoms with Gasteiger partial charge in [0, 0.05) is 0 Å². The first-order valence-electron chi connectivity index (χ1n) is 6.25. The fraction of sp³-hybridized carbons (Fsp3) is 0.533. The van der Waals surface area contributed by atoms with Gasteiger partial charge in [0.05, 0.1) is 13.0 Å². The van der Waals surface area contributed by atoms with Crippen molar-refractivity contribution in [2.75, 3.05) is 7.11 Å². The summed E-state index contributed by atoms with van der Waals surface area (Å²) in [4.78, 5) is 11.3. The molecule has 2 unspecified atom stereocenters. The van der Waals surface area contributed by atoms with Crippen molar-refractivity contribution in [2.45, 2.75) is 33.1 Å². The lowest BCUT2D eigenvalue weighted by molar-refractivity contribution is -0.142. The van der Waals surface area contributed by atoms with Crippen molar-refractivity contribution in [3.8, 4) is 0 Å². The van der Waals surface area contributed by atoms with Gasteiger partial charge < -0.3 is 4.74 Å². The van der Waals surface area contributed by atoms with Gasteiger partial charge in [-0.1, -0.05) is 23.8 Å². The fourth-order valence-electron chi connectivity index (χ4n) is 2.47. The van der Waals surface area contributed by atoms with E-state index in [9.17, 15) is 4.79 Å². The minimum absolute atomic E-state index is 0.0318. The number of hydrogen-bond acceptors (Lipinski definition) is 2. The number of methoxy groups -OCH3 is 1. The highest BCUT2D eigenvalue weighted by Crippen LogP contribution is 2.42. The molecule has 92 valence electrons. The van der Waals surface area contributed by atoms with Crippen LogP contribution in [-0.2, 0) is 16.0 Å². The van der Waals surface area contributed by atoms with Crippen LogP contribution in [0.15, 0.2) is 18.2 Å². The van der Waals surface area contributed by atoms with Crippen molar-refractivity contribution in [1.29, 1.82) is 0 Å². The third-order valence-corrected chi connectivity index (χ3v) is 3.71. The Hall–Kier alpha value is -1.31. The summed E-state index contributed by atoms with van der Waals surface area (Å²) in [6, 6.07) is 6.59. The Morgan fingerprint density at radius 2 is 2.18 bits per heavy atom. The number of benzene rings is 1. The van der Waals surface area contributed by atoms with Crippen molar-refractivity contribution in [3.63, 3.8) is 0 Å². The summed E-state index contributed by atoms with van der Waals surface area (Å²) in [6.07, 6.45) is 3.19. The first-order chi connectivity index (χ1) is 8.11. The Morgan fingerprint density at radius 3 is 2.82 bits per heavy atom. The van der Waals surface area contributed by atoms with Crippen LogP contribution >= 0.6 is 0 Å². The molecule has 0 spiro atoms. The second-order valence-corrected chi connectivity index (χ2v) is 5.09. The fourth-order valence-corrected chi connectivity index (χ4v) is 2.47. The molecule has 0 aromatic heterocycles. The van der Waals surface area contributed by atoms with E-state index in [-0.39, 0.29) is 11.9 Å². The van der Waals surface area contributed by atoms with Gasteiger partial charge >= 0.3 is 5.97 Å². The smallest absolute Gasteiger partial charge is 0.308 e. The SMILES string of the molecule is COC(=O)C1CC1CCc1ccc(C)cc1C. The summed E-state index contributed by atoms with van der Waals surface area (Å²) in [5, 5.41) is 0. The van der Waals surface area contributed by atoms with Crippen molar-refractivity contribution in [3.05, 3.63) is 34.9 Å². The van der Waals surface area contributed by atoms with Gasteiger partial charge in [0.1, 0.15) is 0 Å². The van der Waals surface area contributed by atoms with E-state index in [1.54, 1.807) is 0 Å². The Balaban J connectivity index is 1.85. The molecular formula is C15H20O2. The highest BCUT2D eigenvalue weighted by Gasteiger charge is 2.43. The second kappa shape index (κ2) is 4.91. The minimum atomic E-state index is -0.0318. The molecule has 0 amide bonds. The van der Waals surface area contributed by atoms with E-state index < -0.39 is 0 Å². The molecule has 0 heterocycles. The second-order valence-electron chi connectivity index (χ2n) is 5.09. The number of esters is 1. The standard InChI is InChI=1S/C15H20O2/c1-10-4-5-12(11(2)8-10)6-7-13-9-14(13)15(16)17-3/h4-5,8,13-14H,6-7,9H2,1-3H3. The first kappa shape index (κ1) is 12.2. The van der Waals surface area contributed by atoms with E-state index in [0.29, 0.717) is 5.92 Å². The molecule has 1 aromatic carbocycles. The molecule has 1 fully saturated rings. The molecule has 0 saturated heterocycles. The van der Waals surface area contributed by atoms with Crippen molar-refractivity contribution in [1.82, 2.24) is 0 Å². The van der Waals surface area contributed by atoms with E-state index >= 15 is 0 Å². The van der Waals surface area contributed by atoms with Gasteiger partial charge in [-0.3, -0.25) is 4.79 Å². The first-order valence-corrected chi connectivity index (χ1v) is 6.25. The summed E-state index contributed by atoms with van der Waals surface area (Å²) in [5.41, 5.74) is 4.08. The number of carbonyl (C=O) groups is 1. The summed E-state index contributed by atoms with van der Waals surface area (Å²) in [7, 11) is 1.47. The van der Waals surface area contributed by atoms with Crippen LogP contribution in [0.2, 0.25) is 0 Å². The van der Waals surface area contributed by atoms with Crippen LogP contribution in [-0.4, -0.2) is 13.1 Å². The van der Waals surface area contributed by atoms with E-state index in [1.807, 2.05) is 0 Å². The molecule has 1 aliphatic carbocycles. The third-order valence-electron chi connectivity index (χ3n) is 3.71. The zero-order valence-electron chi connectivity index (χ0n) is 10.8. The predicted molar refractivity (Wildman–Crippen MR) is 67.9 cm³/mol. The van der Waals surface area contributed by atoms with Crippen LogP contribution < -0.4 is 0 Å². The molecular weight excluding hydrogens is 212 g/mol. The largest absolute Gasteiger partial charge is 0.469 e. The van der Waals surface area contributed by atoms with Gasteiger partial charge in [0.2, 0.25) is 0 Å². The van der Waals surface area contributed by atoms with E-state index in [1.165, 1.54) is 23.8 Å². The highest BCUT2D eigenvalue weighted by molar-refractivity contribution is 5.75. The molecule has 2 heteroatoms. The molecule has 1 aromatic rings. The Morgan fingerprint density at radius 1 is 1.41 bits per heavy atom. The Bertz CT molecular complexity index is 423. The van der Waals surface area contributed by atoms with Crippen molar-refractivity contribution < 1.29 is 9.53 Å². The molecule has 2 nitrogen and oxygen atoms in total. The molecule has 0 radical (unpaired) electrons. The molecule has 0 aliphatic heterocycles. The third kappa shape index (κ3) is 2.87. The molecule has 2 atom stereocenters. The zero-order valence-corrected chi connectivity index (χ0v) is 10.8. The van der Waals surface area contributed by atoms with Crippen LogP contribution in [0.5, 0.6) is 0 Å². The molecule has 1 aliphatic rings. The summed E-state index contributed by atoms with van der Waals surface area (Å²) >= 11 is 0. The molecule has 2 rings (SSSR count). The average molecular weight is 232 g/mol. The van der Waals surface area contributed by atoms with Gasteiger partial charge in [0.15, 0.2) is 0 Å². The maximum Gasteiger partial charge on any atom is 0.308 e.